The van der Waals surface area contributed by atoms with Crippen LogP contribution in [0, 0.1) is 0 Å². The first-order valence-corrected chi connectivity index (χ1v) is 5.76. The van der Waals surface area contributed by atoms with Crippen molar-refractivity contribution in [2.45, 2.75) is 31.7 Å². The normalized spacial score (nSPS) is 21.8. The van der Waals surface area contributed by atoms with Crippen molar-refractivity contribution in [3.05, 3.63) is 12.4 Å². The number of nitrogens with two attached hydrogens (primary N) is 1. The van der Waals surface area contributed by atoms with Crippen molar-refractivity contribution in [2.24, 2.45) is 0 Å². The van der Waals surface area contributed by atoms with Crippen LogP contribution in [0.15, 0.2) is 12.4 Å². The number of rotatable bonds is 2. The zero-order valence-corrected chi connectivity index (χ0v) is 9.34. The van der Waals surface area contributed by atoms with E-state index >= 15 is 0 Å². The molecule has 5 nitrogen and oxygen atoms in total. The number of nitrogens with zero attached hydrogens (tertiary/aromatic N) is 3. The molecule has 0 aromatic carbocycles. The molecule has 1 aliphatic rings. The molecule has 2 rings (SSSR count). The van der Waals surface area contributed by atoms with Gasteiger partial charge in [0, 0.05) is 6.54 Å². The monoisotopic (exact) mass is 222 g/mol. The van der Waals surface area contributed by atoms with Gasteiger partial charge in [-0.3, -0.25) is 0 Å². The molecule has 16 heavy (non-hydrogen) atoms. The van der Waals surface area contributed by atoms with Gasteiger partial charge in [0.25, 0.3) is 0 Å². The third-order valence-electron chi connectivity index (χ3n) is 3.04. The maximum absolute atomic E-state index is 9.39. The number of hydrogen-bond acceptors (Lipinski definition) is 5. The van der Waals surface area contributed by atoms with Gasteiger partial charge in [-0.15, -0.1) is 0 Å². The average molecular weight is 222 g/mol. The van der Waals surface area contributed by atoms with Crippen LogP contribution in [0.25, 0.3) is 0 Å². The molecule has 3 N–H and O–H groups in total. The van der Waals surface area contributed by atoms with Crippen LogP contribution in [0.5, 0.6) is 0 Å². The fourth-order valence-corrected chi connectivity index (χ4v) is 2.15. The van der Waals surface area contributed by atoms with Gasteiger partial charge in [0.1, 0.15) is 11.6 Å². The summed E-state index contributed by atoms with van der Waals surface area (Å²) in [6, 6.07) is 0.167. The Balaban J connectivity index is 2.18. The quantitative estimate of drug-likeness (QED) is 0.774. The molecule has 1 aromatic rings. The summed E-state index contributed by atoms with van der Waals surface area (Å²) in [5.74, 6) is 1.24. The summed E-state index contributed by atoms with van der Waals surface area (Å²) in [6.07, 6.45) is 7.79. The summed E-state index contributed by atoms with van der Waals surface area (Å²) in [7, 11) is 0. The first-order valence-electron chi connectivity index (χ1n) is 5.76. The number of anilines is 2. The van der Waals surface area contributed by atoms with Crippen molar-refractivity contribution in [3.63, 3.8) is 0 Å². The zero-order chi connectivity index (χ0) is 11.4. The first-order chi connectivity index (χ1) is 7.81. The Morgan fingerprint density at radius 2 is 2.19 bits per heavy atom. The maximum Gasteiger partial charge on any atom is 0.147 e. The van der Waals surface area contributed by atoms with Crippen LogP contribution in [0.1, 0.15) is 25.7 Å². The summed E-state index contributed by atoms with van der Waals surface area (Å²) in [4.78, 5) is 10.5. The molecule has 0 bridgehead atoms. The fourth-order valence-electron chi connectivity index (χ4n) is 2.15. The third-order valence-corrected chi connectivity index (χ3v) is 3.04. The van der Waals surface area contributed by atoms with Gasteiger partial charge in [-0.25, -0.2) is 9.97 Å². The van der Waals surface area contributed by atoms with Crippen LogP contribution >= 0.6 is 0 Å². The van der Waals surface area contributed by atoms with Crippen LogP contribution in [0.2, 0.25) is 0 Å². The number of aliphatic hydroxyl groups is 1. The zero-order valence-electron chi connectivity index (χ0n) is 9.34. The molecule has 2 heterocycles. The van der Waals surface area contributed by atoms with Crippen molar-refractivity contribution >= 4 is 11.6 Å². The fraction of sp³-hybridized carbons (Fsp3) is 0.636. The Labute approximate surface area is 95.3 Å². The van der Waals surface area contributed by atoms with Crippen LogP contribution in [-0.4, -0.2) is 34.3 Å². The highest BCUT2D eigenvalue weighted by molar-refractivity contribution is 5.40. The molecule has 1 aliphatic heterocycles. The Kier molecular flexibility index (Phi) is 3.56. The van der Waals surface area contributed by atoms with E-state index in [0.29, 0.717) is 5.82 Å². The van der Waals surface area contributed by atoms with Crippen LogP contribution in [0.4, 0.5) is 11.6 Å². The van der Waals surface area contributed by atoms with E-state index in [9.17, 15) is 5.11 Å². The van der Waals surface area contributed by atoms with Crippen LogP contribution in [-0.2, 0) is 0 Å². The topological polar surface area (TPSA) is 75.3 Å². The predicted molar refractivity (Wildman–Crippen MR) is 63.1 cm³/mol. The maximum atomic E-state index is 9.39. The van der Waals surface area contributed by atoms with Gasteiger partial charge in [-0.05, 0) is 12.8 Å². The van der Waals surface area contributed by atoms with Gasteiger partial charge >= 0.3 is 0 Å². The molecule has 0 spiro atoms. The second-order valence-electron chi connectivity index (χ2n) is 4.18. The molecule has 0 radical (unpaired) electrons. The lowest BCUT2D eigenvalue weighted by molar-refractivity contribution is 0.254. The molecule has 1 saturated heterocycles. The molecule has 0 aliphatic carbocycles. The van der Waals surface area contributed by atoms with Gasteiger partial charge < -0.3 is 15.7 Å². The second kappa shape index (κ2) is 5.12. The number of aliphatic hydroxyl groups excluding tert-OH is 1. The highest BCUT2D eigenvalue weighted by Crippen LogP contribution is 2.21. The van der Waals surface area contributed by atoms with Gasteiger partial charge in [-0.2, -0.15) is 0 Å². The van der Waals surface area contributed by atoms with Gasteiger partial charge in [0.05, 0.1) is 25.0 Å². The summed E-state index contributed by atoms with van der Waals surface area (Å²) < 4.78 is 0. The second-order valence-corrected chi connectivity index (χ2v) is 4.18. The Morgan fingerprint density at radius 3 is 2.88 bits per heavy atom. The average Bonchev–Trinajstić information content (AvgIpc) is 2.55. The lowest BCUT2D eigenvalue weighted by Gasteiger charge is -2.29. The van der Waals surface area contributed by atoms with Gasteiger partial charge in [-0.1, -0.05) is 12.8 Å². The molecule has 5 heteroatoms. The minimum Gasteiger partial charge on any atom is -0.394 e. The summed E-state index contributed by atoms with van der Waals surface area (Å²) in [5.41, 5.74) is 5.51. The van der Waals surface area contributed by atoms with E-state index in [-0.39, 0.29) is 12.6 Å². The third kappa shape index (κ3) is 2.41. The lowest BCUT2D eigenvalue weighted by Crippen LogP contribution is -2.38. The minimum atomic E-state index is 0.167. The molecule has 1 fully saturated rings. The van der Waals surface area contributed by atoms with E-state index in [1.54, 1.807) is 12.4 Å². The molecule has 0 amide bonds. The molecular weight excluding hydrogens is 204 g/mol. The standard InChI is InChI=1S/C11H18N4O/c12-10-6-14-11(7-13-10)15-5-3-1-2-4-9(15)8-16/h6-7,9,16H,1-5,8H2,(H2,12,13). The van der Waals surface area contributed by atoms with Crippen molar-refractivity contribution in [3.8, 4) is 0 Å². The molecule has 1 unspecified atom stereocenters. The largest absolute Gasteiger partial charge is 0.394 e. The van der Waals surface area contributed by atoms with E-state index in [2.05, 4.69) is 14.9 Å². The van der Waals surface area contributed by atoms with Gasteiger partial charge in [0.15, 0.2) is 0 Å². The van der Waals surface area contributed by atoms with E-state index in [0.717, 1.165) is 25.2 Å². The summed E-state index contributed by atoms with van der Waals surface area (Å²) in [5, 5.41) is 9.39. The van der Waals surface area contributed by atoms with E-state index in [4.69, 9.17) is 5.73 Å². The Bertz CT molecular complexity index is 327. The van der Waals surface area contributed by atoms with Crippen molar-refractivity contribution in [2.75, 3.05) is 23.8 Å². The number of hydrogen-bond donors (Lipinski definition) is 2. The Morgan fingerprint density at radius 1 is 1.31 bits per heavy atom. The number of aromatic nitrogens is 2. The highest BCUT2D eigenvalue weighted by atomic mass is 16.3. The van der Waals surface area contributed by atoms with Crippen molar-refractivity contribution in [1.29, 1.82) is 0 Å². The lowest BCUT2D eigenvalue weighted by atomic mass is 10.1. The molecule has 1 aromatic heterocycles. The SMILES string of the molecule is Nc1cnc(N2CCCCCC2CO)cn1. The van der Waals surface area contributed by atoms with Crippen LogP contribution in [0.3, 0.4) is 0 Å². The molecule has 0 saturated carbocycles. The Hall–Kier alpha value is -1.36. The molecule has 1 atom stereocenters. The highest BCUT2D eigenvalue weighted by Gasteiger charge is 2.21. The van der Waals surface area contributed by atoms with Crippen molar-refractivity contribution in [1.82, 2.24) is 9.97 Å². The first kappa shape index (κ1) is 11.1. The predicted octanol–water partition coefficient (Wildman–Crippen LogP) is 0.800. The minimum absolute atomic E-state index is 0.167. The van der Waals surface area contributed by atoms with E-state index in [1.807, 2.05) is 0 Å². The van der Waals surface area contributed by atoms with Gasteiger partial charge in [0.2, 0.25) is 0 Å². The van der Waals surface area contributed by atoms with Crippen LogP contribution < -0.4 is 10.6 Å². The summed E-state index contributed by atoms with van der Waals surface area (Å²) >= 11 is 0. The van der Waals surface area contributed by atoms with Crippen molar-refractivity contribution < 1.29 is 5.11 Å². The smallest absolute Gasteiger partial charge is 0.147 e. The van der Waals surface area contributed by atoms with E-state index in [1.165, 1.54) is 12.8 Å². The van der Waals surface area contributed by atoms with E-state index < -0.39 is 0 Å². The molecular formula is C11H18N4O. The number of nitrogen functional groups attached to an aromatic ring is 1. The molecule has 88 valence electrons. The summed E-state index contributed by atoms with van der Waals surface area (Å²) in [6.45, 7) is 1.11.